The van der Waals surface area contributed by atoms with E-state index in [-0.39, 0.29) is 23.7 Å². The molecule has 2 amide bonds. The lowest BCUT2D eigenvalue weighted by Crippen LogP contribution is -2.43. The van der Waals surface area contributed by atoms with E-state index in [1.54, 1.807) is 4.90 Å². The van der Waals surface area contributed by atoms with Crippen molar-refractivity contribution in [3.8, 4) is 0 Å². The van der Waals surface area contributed by atoms with E-state index in [1.165, 1.54) is 25.7 Å². The molecule has 2 aliphatic carbocycles. The third-order valence-electron chi connectivity index (χ3n) is 5.60. The first kappa shape index (κ1) is 12.6. The van der Waals surface area contributed by atoms with Crippen molar-refractivity contribution in [3.05, 3.63) is 12.2 Å². The molecule has 2 bridgehead atoms. The van der Waals surface area contributed by atoms with Crippen LogP contribution in [-0.2, 0) is 9.59 Å². The van der Waals surface area contributed by atoms with Gasteiger partial charge in [-0.15, -0.1) is 0 Å². The number of fused-ring (bicyclic) bond motifs is 5. The van der Waals surface area contributed by atoms with Gasteiger partial charge in [0.05, 0.1) is 18.5 Å². The van der Waals surface area contributed by atoms with Gasteiger partial charge in [-0.25, -0.2) is 0 Å². The van der Waals surface area contributed by atoms with Crippen LogP contribution in [0.2, 0.25) is 0 Å². The lowest BCUT2D eigenvalue weighted by molar-refractivity contribution is -0.143. The molecular formula is C16H22N2O2. The van der Waals surface area contributed by atoms with Crippen molar-refractivity contribution in [3.63, 3.8) is 0 Å². The minimum Gasteiger partial charge on any atom is -0.286 e. The zero-order valence-corrected chi connectivity index (χ0v) is 11.8. The summed E-state index contributed by atoms with van der Waals surface area (Å²) >= 11 is 0. The van der Waals surface area contributed by atoms with Gasteiger partial charge in [0.1, 0.15) is 0 Å². The maximum absolute atomic E-state index is 12.6. The number of amides is 2. The molecule has 4 heteroatoms. The summed E-state index contributed by atoms with van der Waals surface area (Å²) in [7, 11) is 0. The predicted molar refractivity (Wildman–Crippen MR) is 74.5 cm³/mol. The number of imide groups is 1. The van der Waals surface area contributed by atoms with E-state index in [0.29, 0.717) is 18.5 Å². The van der Waals surface area contributed by atoms with Crippen LogP contribution >= 0.6 is 0 Å². The molecule has 0 unspecified atom stereocenters. The Morgan fingerprint density at radius 1 is 0.900 bits per heavy atom. The summed E-state index contributed by atoms with van der Waals surface area (Å²) in [5.41, 5.74) is 0. The number of carbonyl (C=O) groups is 2. The molecule has 0 spiro atoms. The van der Waals surface area contributed by atoms with E-state index in [9.17, 15) is 9.59 Å². The fraction of sp³-hybridized carbons (Fsp3) is 0.750. The Morgan fingerprint density at radius 3 is 2.00 bits per heavy atom. The number of likely N-dealkylation sites (tertiary alicyclic amines) is 2. The molecule has 2 aliphatic heterocycles. The average molecular weight is 274 g/mol. The molecule has 0 aromatic heterocycles. The average Bonchev–Trinajstić information content (AvgIpc) is 3.04. The molecule has 0 aromatic rings. The fourth-order valence-electron chi connectivity index (χ4n) is 4.58. The number of allylic oxidation sites excluding steroid dienone is 2. The second-order valence-electron chi connectivity index (χ2n) is 6.78. The van der Waals surface area contributed by atoms with Gasteiger partial charge in [0, 0.05) is 0 Å². The second kappa shape index (κ2) is 4.69. The predicted octanol–water partition coefficient (Wildman–Crippen LogP) is 1.63. The van der Waals surface area contributed by atoms with Gasteiger partial charge >= 0.3 is 0 Å². The maximum atomic E-state index is 12.6. The van der Waals surface area contributed by atoms with Gasteiger partial charge in [-0.3, -0.25) is 19.4 Å². The van der Waals surface area contributed by atoms with Gasteiger partial charge in [-0.05, 0) is 44.2 Å². The van der Waals surface area contributed by atoms with Crippen molar-refractivity contribution in [2.75, 3.05) is 19.8 Å². The summed E-state index contributed by atoms with van der Waals surface area (Å²) in [6.45, 7) is 2.58. The normalized spacial score (nSPS) is 40.5. The number of hydrogen-bond donors (Lipinski definition) is 0. The van der Waals surface area contributed by atoms with E-state index < -0.39 is 0 Å². The van der Waals surface area contributed by atoms with Crippen LogP contribution in [0.1, 0.15) is 32.1 Å². The fourth-order valence-corrected chi connectivity index (χ4v) is 4.58. The largest absolute Gasteiger partial charge is 0.286 e. The Kier molecular flexibility index (Phi) is 2.95. The topological polar surface area (TPSA) is 40.6 Å². The zero-order chi connectivity index (χ0) is 13.7. The van der Waals surface area contributed by atoms with Crippen LogP contribution in [0.4, 0.5) is 0 Å². The molecule has 4 aliphatic rings. The summed E-state index contributed by atoms with van der Waals surface area (Å²) < 4.78 is 0. The first-order valence-electron chi connectivity index (χ1n) is 8.01. The van der Waals surface area contributed by atoms with Crippen molar-refractivity contribution < 1.29 is 9.59 Å². The summed E-state index contributed by atoms with van der Waals surface area (Å²) in [5.74, 6) is 0.780. The highest BCUT2D eigenvalue weighted by atomic mass is 16.2. The molecule has 0 N–H and O–H groups in total. The zero-order valence-electron chi connectivity index (χ0n) is 11.8. The molecule has 2 heterocycles. The van der Waals surface area contributed by atoms with Gasteiger partial charge in [0.2, 0.25) is 11.8 Å². The van der Waals surface area contributed by atoms with Crippen LogP contribution in [0.15, 0.2) is 12.2 Å². The Morgan fingerprint density at radius 2 is 1.45 bits per heavy atom. The minimum absolute atomic E-state index is 0.0375. The van der Waals surface area contributed by atoms with Crippen LogP contribution in [0.25, 0.3) is 0 Å². The quantitative estimate of drug-likeness (QED) is 0.567. The molecule has 0 aromatic carbocycles. The first-order chi connectivity index (χ1) is 9.75. The number of hydrogen-bond acceptors (Lipinski definition) is 3. The van der Waals surface area contributed by atoms with Gasteiger partial charge in [-0.1, -0.05) is 25.0 Å². The third-order valence-corrected chi connectivity index (χ3v) is 5.60. The highest BCUT2D eigenvalue weighted by molar-refractivity contribution is 6.06. The standard InChI is InChI=1S/C16H22N2O2/c19-15-13-11-5-6-12(9-11)14(13)16(20)18(15)10-17-7-3-1-2-4-8-17/h5-6,11-14H,1-4,7-10H2/t11-,12+,13+,14-. The lowest BCUT2D eigenvalue weighted by Gasteiger charge is -2.26. The van der Waals surface area contributed by atoms with Crippen LogP contribution in [0, 0.1) is 23.7 Å². The molecule has 4 rings (SSSR count). The highest BCUT2D eigenvalue weighted by Gasteiger charge is 2.59. The third kappa shape index (κ3) is 1.77. The highest BCUT2D eigenvalue weighted by Crippen LogP contribution is 2.52. The van der Waals surface area contributed by atoms with Crippen LogP contribution in [0.5, 0.6) is 0 Å². The summed E-state index contributed by atoms with van der Waals surface area (Å²) in [6.07, 6.45) is 10.3. The van der Waals surface area contributed by atoms with Gasteiger partial charge in [-0.2, -0.15) is 0 Å². The number of rotatable bonds is 2. The second-order valence-corrected chi connectivity index (χ2v) is 6.78. The molecular weight excluding hydrogens is 252 g/mol. The molecule has 4 nitrogen and oxygen atoms in total. The Labute approximate surface area is 119 Å². The summed E-state index contributed by atoms with van der Waals surface area (Å²) in [5, 5.41) is 0. The van der Waals surface area contributed by atoms with Gasteiger partial charge in [0.25, 0.3) is 0 Å². The number of carbonyl (C=O) groups excluding carboxylic acids is 2. The van der Waals surface area contributed by atoms with Crippen molar-refractivity contribution in [2.24, 2.45) is 23.7 Å². The van der Waals surface area contributed by atoms with E-state index >= 15 is 0 Å². The molecule has 4 atom stereocenters. The monoisotopic (exact) mass is 274 g/mol. The Balaban J connectivity index is 1.50. The van der Waals surface area contributed by atoms with E-state index in [2.05, 4.69) is 17.1 Å². The van der Waals surface area contributed by atoms with Crippen molar-refractivity contribution in [2.45, 2.75) is 32.1 Å². The van der Waals surface area contributed by atoms with E-state index in [1.807, 2.05) is 0 Å². The van der Waals surface area contributed by atoms with Crippen molar-refractivity contribution >= 4 is 11.8 Å². The van der Waals surface area contributed by atoms with Gasteiger partial charge in [0.15, 0.2) is 0 Å². The SMILES string of the molecule is O=C1[C@@H]2[C@H](C(=O)N1CN1CCCCCC1)[C@H]1C=C[C@@H]2C1. The molecule has 2 saturated heterocycles. The van der Waals surface area contributed by atoms with Crippen LogP contribution in [-0.4, -0.2) is 41.4 Å². The molecule has 0 radical (unpaired) electrons. The smallest absolute Gasteiger partial charge is 0.234 e. The molecule has 20 heavy (non-hydrogen) atoms. The Bertz CT molecular complexity index is 435. The summed E-state index contributed by atoms with van der Waals surface area (Å²) in [4.78, 5) is 29.0. The van der Waals surface area contributed by atoms with E-state index in [4.69, 9.17) is 0 Å². The molecule has 1 saturated carbocycles. The minimum atomic E-state index is -0.0375. The van der Waals surface area contributed by atoms with Crippen LogP contribution in [0.3, 0.4) is 0 Å². The molecule has 3 fully saturated rings. The van der Waals surface area contributed by atoms with E-state index in [0.717, 1.165) is 19.5 Å². The summed E-state index contributed by atoms with van der Waals surface area (Å²) in [6, 6.07) is 0. The van der Waals surface area contributed by atoms with Gasteiger partial charge < -0.3 is 0 Å². The van der Waals surface area contributed by atoms with Crippen molar-refractivity contribution in [1.82, 2.24) is 9.80 Å². The maximum Gasteiger partial charge on any atom is 0.234 e. The lowest BCUT2D eigenvalue weighted by atomic mass is 9.85. The first-order valence-corrected chi connectivity index (χ1v) is 8.01. The number of nitrogens with zero attached hydrogens (tertiary/aromatic N) is 2. The van der Waals surface area contributed by atoms with Crippen molar-refractivity contribution in [1.29, 1.82) is 0 Å². The van der Waals surface area contributed by atoms with Crippen LogP contribution < -0.4 is 0 Å². The Hall–Kier alpha value is -1.16. The molecule has 108 valence electrons.